The fourth-order valence-corrected chi connectivity index (χ4v) is 4.48. The van der Waals surface area contributed by atoms with Crippen molar-refractivity contribution in [1.29, 1.82) is 0 Å². The lowest BCUT2D eigenvalue weighted by Crippen LogP contribution is -2.37. The Hall–Kier alpha value is -0.600. The summed E-state index contributed by atoms with van der Waals surface area (Å²) < 4.78 is 0. The third kappa shape index (κ3) is 1.12. The van der Waals surface area contributed by atoms with Crippen molar-refractivity contribution < 1.29 is 9.59 Å². The average Bonchev–Trinajstić information content (AvgIpc) is 3.13. The van der Waals surface area contributed by atoms with Crippen molar-refractivity contribution in [2.45, 2.75) is 23.6 Å². The molecule has 2 nitrogen and oxygen atoms in total. The van der Waals surface area contributed by atoms with E-state index in [1.54, 1.807) is 0 Å². The molecule has 0 aromatic carbocycles. The molecule has 3 fully saturated rings. The molecule has 0 bridgehead atoms. The zero-order valence-electron chi connectivity index (χ0n) is 10.2. The van der Waals surface area contributed by atoms with Gasteiger partial charge in [-0.15, -0.1) is 23.2 Å². The minimum absolute atomic E-state index is 0.0463. The molecule has 3 saturated carbocycles. The van der Waals surface area contributed by atoms with E-state index in [2.05, 4.69) is 0 Å². The fraction of sp³-hybridized carbons (Fsp3) is 0.571. The van der Waals surface area contributed by atoms with E-state index >= 15 is 0 Å². The topological polar surface area (TPSA) is 34.1 Å². The van der Waals surface area contributed by atoms with Gasteiger partial charge in [0.2, 0.25) is 0 Å². The number of allylic oxidation sites excluding steroid dienone is 4. The molecule has 0 aliphatic heterocycles. The smallest absolute Gasteiger partial charge is 0.161 e. The molecule has 0 aromatic heterocycles. The maximum absolute atomic E-state index is 12.4. The number of hydrogen-bond acceptors (Lipinski definition) is 2. The number of rotatable bonds is 2. The largest absolute Gasteiger partial charge is 0.297 e. The van der Waals surface area contributed by atoms with E-state index in [1.165, 1.54) is 0 Å². The highest BCUT2D eigenvalue weighted by atomic mass is 35.5. The van der Waals surface area contributed by atoms with E-state index in [4.69, 9.17) is 23.2 Å². The maximum atomic E-state index is 12.4. The molecule has 0 saturated heterocycles. The molecular formula is C14H14Cl2O2. The molecule has 6 atom stereocenters. The molecule has 18 heavy (non-hydrogen) atoms. The predicted molar refractivity (Wildman–Crippen MR) is 70.8 cm³/mol. The van der Waals surface area contributed by atoms with Crippen molar-refractivity contribution in [3.8, 4) is 0 Å². The molecule has 3 aliphatic carbocycles. The molecule has 3 aliphatic rings. The van der Waals surface area contributed by atoms with E-state index in [0.29, 0.717) is 0 Å². The van der Waals surface area contributed by atoms with Crippen LogP contribution in [0.1, 0.15) is 13.8 Å². The van der Waals surface area contributed by atoms with Gasteiger partial charge in [0.05, 0.1) is 11.8 Å². The standard InChI is InChI=1S/C14H14Cl2O2/c1-3-5-7-9-11(17)14(16)8(6-4-2)10(14)12(18)13(7,9)15/h3-10H,1-2H3/b5-3+,6-4+/t7-,8+,9+,10-,13-,14+. The van der Waals surface area contributed by atoms with Crippen LogP contribution >= 0.6 is 23.2 Å². The second-order valence-electron chi connectivity index (χ2n) is 5.32. The van der Waals surface area contributed by atoms with Crippen LogP contribution in [-0.4, -0.2) is 21.3 Å². The second-order valence-corrected chi connectivity index (χ2v) is 6.57. The Balaban J connectivity index is 1.99. The van der Waals surface area contributed by atoms with E-state index in [0.717, 1.165) is 0 Å². The summed E-state index contributed by atoms with van der Waals surface area (Å²) in [5.74, 6) is -1.28. The van der Waals surface area contributed by atoms with Gasteiger partial charge in [-0.2, -0.15) is 0 Å². The van der Waals surface area contributed by atoms with Crippen molar-refractivity contribution in [1.82, 2.24) is 0 Å². The van der Waals surface area contributed by atoms with Crippen LogP contribution in [0.4, 0.5) is 0 Å². The number of alkyl halides is 2. The number of hydrogen-bond donors (Lipinski definition) is 0. The highest BCUT2D eigenvalue weighted by molar-refractivity contribution is 6.51. The quantitative estimate of drug-likeness (QED) is 0.577. The molecule has 4 heteroatoms. The van der Waals surface area contributed by atoms with Crippen LogP contribution in [-0.2, 0) is 9.59 Å². The van der Waals surface area contributed by atoms with Crippen molar-refractivity contribution in [2.24, 2.45) is 23.7 Å². The Kier molecular flexibility index (Phi) is 2.41. The highest BCUT2D eigenvalue weighted by Gasteiger charge is 2.87. The summed E-state index contributed by atoms with van der Waals surface area (Å²) in [5, 5.41) is 0. The minimum Gasteiger partial charge on any atom is -0.297 e. The van der Waals surface area contributed by atoms with Crippen molar-refractivity contribution >= 4 is 34.8 Å². The highest BCUT2D eigenvalue weighted by Crippen LogP contribution is 2.73. The number of ketones is 2. The first-order chi connectivity index (χ1) is 8.45. The first kappa shape index (κ1) is 12.4. The third-order valence-electron chi connectivity index (χ3n) is 4.50. The lowest BCUT2D eigenvalue weighted by molar-refractivity contribution is -0.129. The van der Waals surface area contributed by atoms with Crippen LogP contribution in [0.3, 0.4) is 0 Å². The Bertz CT molecular complexity index is 464. The van der Waals surface area contributed by atoms with Crippen molar-refractivity contribution in [3.05, 3.63) is 24.3 Å². The molecule has 96 valence electrons. The van der Waals surface area contributed by atoms with Crippen LogP contribution in [0.25, 0.3) is 0 Å². The lowest BCUT2D eigenvalue weighted by atomic mass is 9.97. The molecule has 3 rings (SSSR count). The molecule has 0 radical (unpaired) electrons. The summed E-state index contributed by atoms with van der Waals surface area (Å²) in [6, 6.07) is 0. The zero-order valence-corrected chi connectivity index (χ0v) is 11.7. The molecule has 0 N–H and O–H groups in total. The van der Waals surface area contributed by atoms with Gasteiger partial charge < -0.3 is 0 Å². The summed E-state index contributed by atoms with van der Waals surface area (Å²) >= 11 is 12.8. The van der Waals surface area contributed by atoms with Gasteiger partial charge in [-0.05, 0) is 13.8 Å². The third-order valence-corrected chi connectivity index (χ3v) is 5.84. The van der Waals surface area contributed by atoms with Gasteiger partial charge in [-0.25, -0.2) is 0 Å². The molecular weight excluding hydrogens is 271 g/mol. The van der Waals surface area contributed by atoms with Gasteiger partial charge in [-0.1, -0.05) is 24.3 Å². The van der Waals surface area contributed by atoms with Gasteiger partial charge >= 0.3 is 0 Å². The van der Waals surface area contributed by atoms with Gasteiger partial charge in [0, 0.05) is 11.8 Å². The Labute approximate surface area is 116 Å². The van der Waals surface area contributed by atoms with E-state index in [9.17, 15) is 9.59 Å². The molecule has 0 heterocycles. The van der Waals surface area contributed by atoms with Crippen LogP contribution < -0.4 is 0 Å². The van der Waals surface area contributed by atoms with Gasteiger partial charge in [0.25, 0.3) is 0 Å². The molecule has 0 amide bonds. The number of carbonyl (C=O) groups is 2. The lowest BCUT2D eigenvalue weighted by Gasteiger charge is -2.16. The monoisotopic (exact) mass is 284 g/mol. The van der Waals surface area contributed by atoms with Crippen LogP contribution in [0.2, 0.25) is 0 Å². The second kappa shape index (κ2) is 3.49. The summed E-state index contributed by atoms with van der Waals surface area (Å²) in [5.41, 5.74) is 0. The van der Waals surface area contributed by atoms with Gasteiger partial charge in [0.1, 0.15) is 9.75 Å². The van der Waals surface area contributed by atoms with Crippen LogP contribution in [0, 0.1) is 23.7 Å². The number of carbonyl (C=O) groups excluding carboxylic acids is 2. The average molecular weight is 285 g/mol. The van der Waals surface area contributed by atoms with E-state index < -0.39 is 21.6 Å². The van der Waals surface area contributed by atoms with Crippen molar-refractivity contribution in [3.63, 3.8) is 0 Å². The predicted octanol–water partition coefficient (Wildman–Crippen LogP) is 2.74. The van der Waals surface area contributed by atoms with Gasteiger partial charge in [0.15, 0.2) is 11.6 Å². The summed E-state index contributed by atoms with van der Waals surface area (Å²) in [6.45, 7) is 3.72. The first-order valence-electron chi connectivity index (χ1n) is 6.17. The Morgan fingerprint density at radius 1 is 0.889 bits per heavy atom. The zero-order chi connectivity index (χ0) is 13.3. The number of fused-ring (bicyclic) bond motifs is 2. The van der Waals surface area contributed by atoms with Crippen LogP contribution in [0.15, 0.2) is 24.3 Å². The molecule has 0 spiro atoms. The maximum Gasteiger partial charge on any atom is 0.161 e. The minimum atomic E-state index is -1.01. The fourth-order valence-electron chi connectivity index (χ4n) is 3.50. The molecule has 0 aromatic rings. The normalized spacial score (nSPS) is 53.8. The number of Topliss-reactive ketones (excluding diaryl/α,β-unsaturated/α-hetero) is 2. The van der Waals surface area contributed by atoms with Gasteiger partial charge in [-0.3, -0.25) is 9.59 Å². The Morgan fingerprint density at radius 2 is 1.22 bits per heavy atom. The van der Waals surface area contributed by atoms with Crippen molar-refractivity contribution in [2.75, 3.05) is 0 Å². The summed E-state index contributed by atoms with van der Waals surface area (Å²) in [6.07, 6.45) is 7.37. The van der Waals surface area contributed by atoms with E-state index in [-0.39, 0.29) is 23.4 Å². The Morgan fingerprint density at radius 3 is 1.50 bits per heavy atom. The van der Waals surface area contributed by atoms with Crippen LogP contribution in [0.5, 0.6) is 0 Å². The first-order valence-corrected chi connectivity index (χ1v) is 6.93. The van der Waals surface area contributed by atoms with E-state index in [1.807, 2.05) is 38.2 Å². The molecule has 0 unspecified atom stereocenters. The summed E-state index contributed by atoms with van der Waals surface area (Å²) in [4.78, 5) is 22.8. The number of halogens is 2. The summed E-state index contributed by atoms with van der Waals surface area (Å²) in [7, 11) is 0. The SMILES string of the molecule is C/C=C/[C@@H]1[C@H]2C(=O)[C@]3(Cl)[C@@H](/C=C/C)[C@@H]3C(=O)[C@@]12Cl.